The van der Waals surface area contributed by atoms with Crippen LogP contribution in [0.15, 0.2) is 0 Å². The summed E-state index contributed by atoms with van der Waals surface area (Å²) in [5, 5.41) is 12.2. The van der Waals surface area contributed by atoms with Gasteiger partial charge in [-0.2, -0.15) is 0 Å². The molecule has 2 amide bonds. The van der Waals surface area contributed by atoms with Gasteiger partial charge in [0.25, 0.3) is 0 Å². The van der Waals surface area contributed by atoms with Gasteiger partial charge in [0, 0.05) is 38.6 Å². The Balaban J connectivity index is 2.00. The first kappa shape index (κ1) is 15.1. The number of amides is 2. The summed E-state index contributed by atoms with van der Waals surface area (Å²) in [6.45, 7) is 3.55. The molecule has 2 rings (SSSR count). The van der Waals surface area contributed by atoms with Gasteiger partial charge in [0.2, 0.25) is 0 Å². The number of carbonyl (C=O) groups excluding carboxylic acids is 1. The molecule has 1 aliphatic heterocycles. The predicted molar refractivity (Wildman–Crippen MR) is 73.6 cm³/mol. The van der Waals surface area contributed by atoms with E-state index in [4.69, 9.17) is 4.74 Å². The van der Waals surface area contributed by atoms with Crippen molar-refractivity contribution in [2.24, 2.45) is 0 Å². The van der Waals surface area contributed by atoms with Crippen LogP contribution in [0.3, 0.4) is 0 Å². The maximum atomic E-state index is 12.4. The van der Waals surface area contributed by atoms with Crippen molar-refractivity contribution in [2.75, 3.05) is 19.8 Å². The molecular weight excluding hydrogens is 260 g/mol. The lowest BCUT2D eigenvalue weighted by molar-refractivity contribution is -0.148. The number of aliphatic carboxylic acids is 1. The number of unbranched alkanes of at least 4 members (excludes halogenated alkanes) is 1. The number of carboxylic acid groups (broad SMARTS) is 1. The van der Waals surface area contributed by atoms with Gasteiger partial charge in [-0.15, -0.1) is 0 Å². The third-order valence-corrected chi connectivity index (χ3v) is 4.10. The van der Waals surface area contributed by atoms with Crippen LogP contribution in [0.4, 0.5) is 4.79 Å². The second kappa shape index (κ2) is 6.43. The predicted octanol–water partition coefficient (Wildman–Crippen LogP) is 1.59. The average Bonchev–Trinajstić information content (AvgIpc) is 3.24. The van der Waals surface area contributed by atoms with E-state index < -0.39 is 11.5 Å². The summed E-state index contributed by atoms with van der Waals surface area (Å²) in [6.07, 6.45) is 4.70. The molecule has 2 N–H and O–H groups in total. The average molecular weight is 284 g/mol. The quantitative estimate of drug-likeness (QED) is 0.776. The fraction of sp³-hybridized carbons (Fsp3) is 0.857. The van der Waals surface area contributed by atoms with Crippen LogP contribution in [-0.2, 0) is 9.53 Å². The van der Waals surface area contributed by atoms with E-state index in [2.05, 4.69) is 12.2 Å². The molecule has 0 radical (unpaired) electrons. The van der Waals surface area contributed by atoms with Crippen LogP contribution in [-0.4, -0.2) is 53.3 Å². The number of rotatable bonds is 6. The highest BCUT2D eigenvalue weighted by molar-refractivity contribution is 5.86. The third kappa shape index (κ3) is 3.42. The Hall–Kier alpha value is -1.30. The zero-order valence-electron chi connectivity index (χ0n) is 12.1. The molecule has 0 aromatic rings. The highest BCUT2D eigenvalue weighted by atomic mass is 16.5. The zero-order chi connectivity index (χ0) is 14.6. The van der Waals surface area contributed by atoms with Crippen LogP contribution < -0.4 is 5.32 Å². The molecule has 20 heavy (non-hydrogen) atoms. The minimum atomic E-state index is -1.16. The van der Waals surface area contributed by atoms with Crippen LogP contribution >= 0.6 is 0 Å². The van der Waals surface area contributed by atoms with Gasteiger partial charge < -0.3 is 20.1 Å². The molecule has 6 nitrogen and oxygen atoms in total. The second-order valence-electron chi connectivity index (χ2n) is 5.71. The maximum absolute atomic E-state index is 12.4. The van der Waals surface area contributed by atoms with Crippen molar-refractivity contribution >= 4 is 12.0 Å². The van der Waals surface area contributed by atoms with Gasteiger partial charge >= 0.3 is 12.0 Å². The van der Waals surface area contributed by atoms with Gasteiger partial charge in [0.1, 0.15) is 5.54 Å². The Labute approximate surface area is 119 Å². The monoisotopic (exact) mass is 284 g/mol. The second-order valence-corrected chi connectivity index (χ2v) is 5.71. The minimum Gasteiger partial charge on any atom is -0.480 e. The number of nitrogens with zero attached hydrogens (tertiary/aromatic N) is 1. The fourth-order valence-corrected chi connectivity index (χ4v) is 2.55. The van der Waals surface area contributed by atoms with E-state index in [-0.39, 0.29) is 6.03 Å². The molecule has 114 valence electrons. The summed E-state index contributed by atoms with van der Waals surface area (Å²) in [4.78, 5) is 25.8. The SMILES string of the molecule is CCCCN(C(=O)NC1(C(=O)O)CCOCC1)C1CC1. The van der Waals surface area contributed by atoms with E-state index >= 15 is 0 Å². The van der Waals surface area contributed by atoms with Gasteiger partial charge in [0.15, 0.2) is 0 Å². The molecule has 2 aliphatic rings. The van der Waals surface area contributed by atoms with Crippen LogP contribution in [0.5, 0.6) is 0 Å². The first-order valence-corrected chi connectivity index (χ1v) is 7.49. The topological polar surface area (TPSA) is 78.9 Å². The minimum absolute atomic E-state index is 0.231. The number of carboxylic acids is 1. The zero-order valence-corrected chi connectivity index (χ0v) is 12.1. The van der Waals surface area contributed by atoms with Gasteiger partial charge in [-0.25, -0.2) is 9.59 Å². The summed E-state index contributed by atoms with van der Waals surface area (Å²) in [5.74, 6) is -0.958. The van der Waals surface area contributed by atoms with E-state index in [1.165, 1.54) is 0 Å². The van der Waals surface area contributed by atoms with Gasteiger partial charge in [-0.1, -0.05) is 13.3 Å². The van der Waals surface area contributed by atoms with E-state index in [9.17, 15) is 14.7 Å². The Bertz CT molecular complexity index is 362. The Morgan fingerprint density at radius 2 is 2.00 bits per heavy atom. The number of carbonyl (C=O) groups is 2. The van der Waals surface area contributed by atoms with Crippen molar-refractivity contribution in [3.05, 3.63) is 0 Å². The molecule has 1 aliphatic carbocycles. The standard InChI is InChI=1S/C14H24N2O4/c1-2-3-8-16(11-4-5-11)13(19)15-14(12(17)18)6-9-20-10-7-14/h11H,2-10H2,1H3,(H,15,19)(H,17,18). The van der Waals surface area contributed by atoms with Gasteiger partial charge in [-0.05, 0) is 19.3 Å². The van der Waals surface area contributed by atoms with E-state index in [1.807, 2.05) is 4.90 Å². The Morgan fingerprint density at radius 3 is 2.50 bits per heavy atom. The molecule has 0 aromatic heterocycles. The smallest absolute Gasteiger partial charge is 0.329 e. The molecule has 6 heteroatoms. The van der Waals surface area contributed by atoms with Crippen LogP contribution in [0.25, 0.3) is 0 Å². The van der Waals surface area contributed by atoms with E-state index in [0.29, 0.717) is 38.6 Å². The molecule has 0 aromatic carbocycles. The van der Waals surface area contributed by atoms with Crippen molar-refractivity contribution in [1.82, 2.24) is 10.2 Å². The molecule has 1 saturated carbocycles. The summed E-state index contributed by atoms with van der Waals surface area (Å²) in [7, 11) is 0. The highest BCUT2D eigenvalue weighted by Gasteiger charge is 2.44. The number of hydrogen-bond donors (Lipinski definition) is 2. The van der Waals surface area contributed by atoms with Crippen molar-refractivity contribution in [2.45, 2.75) is 57.0 Å². The van der Waals surface area contributed by atoms with Crippen molar-refractivity contribution in [3.63, 3.8) is 0 Å². The largest absolute Gasteiger partial charge is 0.480 e. The summed E-state index contributed by atoms with van der Waals surface area (Å²) in [5.41, 5.74) is -1.16. The normalized spacial score (nSPS) is 21.2. The van der Waals surface area contributed by atoms with E-state index in [0.717, 1.165) is 25.7 Å². The highest BCUT2D eigenvalue weighted by Crippen LogP contribution is 2.28. The molecular formula is C14H24N2O4. The van der Waals surface area contributed by atoms with Crippen molar-refractivity contribution in [1.29, 1.82) is 0 Å². The van der Waals surface area contributed by atoms with Crippen molar-refractivity contribution in [3.8, 4) is 0 Å². The number of nitrogens with one attached hydrogen (secondary N) is 1. The molecule has 1 heterocycles. The summed E-state index contributed by atoms with van der Waals surface area (Å²) in [6, 6.07) is 0.0671. The number of urea groups is 1. The lowest BCUT2D eigenvalue weighted by Gasteiger charge is -2.36. The number of ether oxygens (including phenoxy) is 1. The summed E-state index contributed by atoms with van der Waals surface area (Å²) < 4.78 is 5.21. The van der Waals surface area contributed by atoms with Crippen LogP contribution in [0.1, 0.15) is 45.4 Å². The Morgan fingerprint density at radius 1 is 1.35 bits per heavy atom. The van der Waals surface area contributed by atoms with Gasteiger partial charge in [0.05, 0.1) is 0 Å². The molecule has 0 spiro atoms. The van der Waals surface area contributed by atoms with E-state index in [1.54, 1.807) is 0 Å². The third-order valence-electron chi connectivity index (χ3n) is 4.10. The lowest BCUT2D eigenvalue weighted by atomic mass is 9.90. The maximum Gasteiger partial charge on any atom is 0.329 e. The molecule has 0 unspecified atom stereocenters. The van der Waals surface area contributed by atoms with Gasteiger partial charge in [-0.3, -0.25) is 0 Å². The fourth-order valence-electron chi connectivity index (χ4n) is 2.55. The molecule has 0 bridgehead atoms. The summed E-state index contributed by atoms with van der Waals surface area (Å²) >= 11 is 0. The lowest BCUT2D eigenvalue weighted by Crippen LogP contribution is -2.60. The number of hydrogen-bond acceptors (Lipinski definition) is 3. The Kier molecular flexibility index (Phi) is 4.86. The first-order chi connectivity index (χ1) is 9.59. The first-order valence-electron chi connectivity index (χ1n) is 7.49. The molecule has 2 fully saturated rings. The van der Waals surface area contributed by atoms with Crippen molar-refractivity contribution < 1.29 is 19.4 Å². The van der Waals surface area contributed by atoms with Crippen LogP contribution in [0, 0.1) is 0 Å². The molecule has 0 atom stereocenters. The van der Waals surface area contributed by atoms with Crippen LogP contribution in [0.2, 0.25) is 0 Å². The molecule has 1 saturated heterocycles.